The number of hydrogen-bond donors (Lipinski definition) is 2. The molecule has 0 spiro atoms. The fourth-order valence-electron chi connectivity index (χ4n) is 3.30. The molecule has 2 aromatic carbocycles. The van der Waals surface area contributed by atoms with Crippen molar-refractivity contribution in [2.75, 3.05) is 18.4 Å². The molecule has 0 saturated carbocycles. The van der Waals surface area contributed by atoms with Gasteiger partial charge in [-0.15, -0.1) is 0 Å². The van der Waals surface area contributed by atoms with Gasteiger partial charge in [0, 0.05) is 30.2 Å². The van der Waals surface area contributed by atoms with Crippen LogP contribution in [0.3, 0.4) is 0 Å². The number of amides is 2. The Morgan fingerprint density at radius 2 is 1.45 bits per heavy atom. The average Bonchev–Trinajstić information content (AvgIpc) is 2.98. The van der Waals surface area contributed by atoms with Crippen molar-refractivity contribution in [3.63, 3.8) is 0 Å². The number of nitrogens with zero attached hydrogens (tertiary/aromatic N) is 2. The van der Waals surface area contributed by atoms with Crippen LogP contribution in [-0.4, -0.2) is 45.6 Å². The number of aromatic nitrogens is 1. The molecule has 3 aromatic rings. The molecular formula is C22H19N3O4. The molecule has 7 heteroatoms. The van der Waals surface area contributed by atoms with Gasteiger partial charge in [0.15, 0.2) is 0 Å². The maximum Gasteiger partial charge on any atom is 0.261 e. The molecule has 1 atom stereocenters. The van der Waals surface area contributed by atoms with Gasteiger partial charge in [0.25, 0.3) is 17.4 Å². The van der Waals surface area contributed by atoms with Crippen molar-refractivity contribution in [1.82, 2.24) is 9.47 Å². The third-order valence-electron chi connectivity index (χ3n) is 4.78. The second-order valence-electron chi connectivity index (χ2n) is 6.76. The summed E-state index contributed by atoms with van der Waals surface area (Å²) < 4.78 is 1.53. The zero-order valence-corrected chi connectivity index (χ0v) is 15.5. The van der Waals surface area contributed by atoms with E-state index in [2.05, 4.69) is 5.32 Å². The van der Waals surface area contributed by atoms with Crippen LogP contribution in [0.25, 0.3) is 5.69 Å². The Morgan fingerprint density at radius 1 is 0.828 bits per heavy atom. The number of imide groups is 1. The minimum Gasteiger partial charge on any atom is -0.389 e. The van der Waals surface area contributed by atoms with E-state index in [1.165, 1.54) is 10.6 Å². The zero-order valence-electron chi connectivity index (χ0n) is 15.5. The molecule has 0 fully saturated rings. The van der Waals surface area contributed by atoms with Gasteiger partial charge in [-0.25, -0.2) is 0 Å². The lowest BCUT2D eigenvalue weighted by Crippen LogP contribution is -2.39. The molecule has 0 saturated heterocycles. The third kappa shape index (κ3) is 3.68. The molecule has 29 heavy (non-hydrogen) atoms. The zero-order chi connectivity index (χ0) is 20.4. The quantitative estimate of drug-likeness (QED) is 0.629. The largest absolute Gasteiger partial charge is 0.389 e. The van der Waals surface area contributed by atoms with E-state index in [9.17, 15) is 19.5 Å². The minimum absolute atomic E-state index is 0.0865. The smallest absolute Gasteiger partial charge is 0.261 e. The molecule has 1 aromatic heterocycles. The maximum absolute atomic E-state index is 12.4. The molecule has 1 aliphatic rings. The fraction of sp³-hybridized carbons (Fsp3) is 0.136. The van der Waals surface area contributed by atoms with Gasteiger partial charge in [-0.1, -0.05) is 18.2 Å². The van der Waals surface area contributed by atoms with Crippen LogP contribution in [0.4, 0.5) is 5.69 Å². The molecule has 2 N–H and O–H groups in total. The highest BCUT2D eigenvalue weighted by molar-refractivity contribution is 6.21. The minimum atomic E-state index is -0.923. The molecule has 0 bridgehead atoms. The first-order chi connectivity index (χ1) is 14.0. The molecule has 0 aliphatic carbocycles. The van der Waals surface area contributed by atoms with Crippen LogP contribution in [0.2, 0.25) is 0 Å². The SMILES string of the molecule is O=C1c2ccccc2C(=O)N1CC(O)CNc1ccc(-n2ccccc2=O)cc1. The van der Waals surface area contributed by atoms with E-state index >= 15 is 0 Å². The Kier molecular flexibility index (Phi) is 4.97. The first-order valence-corrected chi connectivity index (χ1v) is 9.20. The molecule has 2 heterocycles. The number of fused-ring (bicyclic) bond motifs is 1. The average molecular weight is 389 g/mol. The molecule has 1 aliphatic heterocycles. The number of carbonyl (C=O) groups excluding carboxylic acids is 2. The highest BCUT2D eigenvalue weighted by Gasteiger charge is 2.35. The van der Waals surface area contributed by atoms with Crippen LogP contribution in [0.15, 0.2) is 77.7 Å². The van der Waals surface area contributed by atoms with Gasteiger partial charge in [0.2, 0.25) is 0 Å². The molecular weight excluding hydrogens is 370 g/mol. The van der Waals surface area contributed by atoms with Crippen molar-refractivity contribution in [3.05, 3.63) is 94.4 Å². The predicted molar refractivity (Wildman–Crippen MR) is 108 cm³/mol. The van der Waals surface area contributed by atoms with Crippen molar-refractivity contribution in [1.29, 1.82) is 0 Å². The van der Waals surface area contributed by atoms with Gasteiger partial charge in [0.05, 0.1) is 23.8 Å². The van der Waals surface area contributed by atoms with Crippen molar-refractivity contribution in [2.24, 2.45) is 0 Å². The van der Waals surface area contributed by atoms with E-state index < -0.39 is 6.10 Å². The Labute approximate surface area is 166 Å². The summed E-state index contributed by atoms with van der Waals surface area (Å²) in [4.78, 5) is 37.7. The number of pyridine rings is 1. The van der Waals surface area contributed by atoms with Crippen LogP contribution < -0.4 is 10.9 Å². The van der Waals surface area contributed by atoms with Crippen LogP contribution in [-0.2, 0) is 0 Å². The Balaban J connectivity index is 1.36. The summed E-state index contributed by atoms with van der Waals surface area (Å²) in [5.74, 6) is -0.774. The summed E-state index contributed by atoms with van der Waals surface area (Å²) in [5, 5.41) is 13.4. The first-order valence-electron chi connectivity index (χ1n) is 9.20. The molecule has 0 radical (unpaired) electrons. The predicted octanol–water partition coefficient (Wildman–Crippen LogP) is 1.91. The Morgan fingerprint density at radius 3 is 2.07 bits per heavy atom. The number of nitrogens with one attached hydrogen (secondary N) is 1. The van der Waals surface area contributed by atoms with Crippen molar-refractivity contribution >= 4 is 17.5 Å². The van der Waals surface area contributed by atoms with Gasteiger partial charge in [0.1, 0.15) is 0 Å². The molecule has 2 amide bonds. The van der Waals surface area contributed by atoms with Crippen LogP contribution in [0.5, 0.6) is 0 Å². The topological polar surface area (TPSA) is 91.6 Å². The fourth-order valence-corrected chi connectivity index (χ4v) is 3.30. The van der Waals surface area contributed by atoms with E-state index in [1.807, 2.05) is 0 Å². The monoisotopic (exact) mass is 389 g/mol. The third-order valence-corrected chi connectivity index (χ3v) is 4.78. The highest BCUT2D eigenvalue weighted by atomic mass is 16.3. The molecule has 146 valence electrons. The van der Waals surface area contributed by atoms with E-state index in [1.54, 1.807) is 66.9 Å². The van der Waals surface area contributed by atoms with Crippen molar-refractivity contribution in [3.8, 4) is 5.69 Å². The van der Waals surface area contributed by atoms with Gasteiger partial charge >= 0.3 is 0 Å². The van der Waals surface area contributed by atoms with Gasteiger partial charge in [-0.05, 0) is 42.5 Å². The van der Waals surface area contributed by atoms with Crippen LogP contribution >= 0.6 is 0 Å². The number of aliphatic hydroxyl groups excluding tert-OH is 1. The van der Waals surface area contributed by atoms with Crippen molar-refractivity contribution in [2.45, 2.75) is 6.10 Å². The summed E-state index contributed by atoms with van der Waals surface area (Å²) in [5.41, 5.74) is 2.09. The second kappa shape index (κ2) is 7.73. The normalized spacial score (nSPS) is 14.0. The number of hydrogen-bond acceptors (Lipinski definition) is 5. The number of anilines is 1. The lowest BCUT2D eigenvalue weighted by Gasteiger charge is -2.19. The highest BCUT2D eigenvalue weighted by Crippen LogP contribution is 2.22. The summed E-state index contributed by atoms with van der Waals surface area (Å²) >= 11 is 0. The van der Waals surface area contributed by atoms with Gasteiger partial charge in [-0.2, -0.15) is 0 Å². The van der Waals surface area contributed by atoms with E-state index in [-0.39, 0.29) is 30.5 Å². The van der Waals surface area contributed by atoms with Gasteiger partial charge < -0.3 is 10.4 Å². The van der Waals surface area contributed by atoms with Crippen molar-refractivity contribution < 1.29 is 14.7 Å². The number of aliphatic hydroxyl groups is 1. The Bertz CT molecular complexity index is 1090. The van der Waals surface area contributed by atoms with E-state index in [4.69, 9.17) is 0 Å². The maximum atomic E-state index is 12.4. The summed E-state index contributed by atoms with van der Waals surface area (Å²) in [6.07, 6.45) is 0.769. The van der Waals surface area contributed by atoms with Gasteiger partial charge in [-0.3, -0.25) is 23.9 Å². The summed E-state index contributed by atoms with van der Waals surface area (Å²) in [6.45, 7) is 0.0783. The number of rotatable bonds is 6. The Hall–Kier alpha value is -3.71. The second-order valence-corrected chi connectivity index (χ2v) is 6.76. The lowest BCUT2D eigenvalue weighted by molar-refractivity contribution is 0.0558. The number of β-amino-alcohol motifs (C(OH)–C–C–N with tert-alkyl or cyclic N) is 1. The van der Waals surface area contributed by atoms with Crippen LogP contribution in [0, 0.1) is 0 Å². The molecule has 4 rings (SSSR count). The van der Waals surface area contributed by atoms with E-state index in [0.717, 1.165) is 16.3 Å². The lowest BCUT2D eigenvalue weighted by atomic mass is 10.1. The standard InChI is InChI=1S/C22H19N3O4/c26-17(14-25-21(28)18-5-1-2-6-19(18)22(25)29)13-23-15-8-10-16(11-9-15)24-12-4-3-7-20(24)27/h1-12,17,23,26H,13-14H2. The molecule has 1 unspecified atom stereocenters. The number of benzene rings is 2. The number of carbonyl (C=O) groups is 2. The summed E-state index contributed by atoms with van der Waals surface area (Å²) in [7, 11) is 0. The van der Waals surface area contributed by atoms with Crippen LogP contribution in [0.1, 0.15) is 20.7 Å². The van der Waals surface area contributed by atoms with E-state index in [0.29, 0.717) is 11.1 Å². The molecule has 7 nitrogen and oxygen atoms in total. The summed E-state index contributed by atoms with van der Waals surface area (Å²) in [6, 6.07) is 18.8. The first kappa shape index (κ1) is 18.6.